The van der Waals surface area contributed by atoms with E-state index in [9.17, 15) is 26.4 Å². The smallest absolute Gasteiger partial charge is 0.416 e. The van der Waals surface area contributed by atoms with Crippen molar-refractivity contribution in [1.82, 2.24) is 4.31 Å². The summed E-state index contributed by atoms with van der Waals surface area (Å²) in [5.74, 6) is -0.663. The van der Waals surface area contributed by atoms with Crippen molar-refractivity contribution >= 4 is 16.0 Å². The Bertz CT molecular complexity index is 944. The third-order valence-corrected chi connectivity index (χ3v) is 6.66. The van der Waals surface area contributed by atoms with Gasteiger partial charge in [0.05, 0.1) is 10.5 Å². The van der Waals surface area contributed by atoms with Crippen LogP contribution < -0.4 is 0 Å². The van der Waals surface area contributed by atoms with Crippen molar-refractivity contribution in [3.05, 3.63) is 65.7 Å². The molecule has 2 aromatic carbocycles. The van der Waals surface area contributed by atoms with Gasteiger partial charge in [-0.15, -0.1) is 0 Å². The number of carbonyl (C=O) groups is 1. The Hall–Kier alpha value is -2.39. The standard InChI is InChI=1S/C20H20F3NO4S/c21-20(22,23)16-9-11-17(12-10-16)29(26,27)24-13-5-4-8-18(24)19(25)28-14-15-6-2-1-3-7-15/h1-3,6-7,9-12,18H,4-5,8,13-14H2/t18-/m0/s1. The minimum absolute atomic E-state index is 0.0182. The van der Waals surface area contributed by atoms with Gasteiger partial charge in [0.2, 0.25) is 10.0 Å². The average Bonchev–Trinajstić information content (AvgIpc) is 2.72. The largest absolute Gasteiger partial charge is 0.460 e. The minimum Gasteiger partial charge on any atom is -0.460 e. The van der Waals surface area contributed by atoms with Crippen LogP contribution in [0.3, 0.4) is 0 Å². The fourth-order valence-corrected chi connectivity index (χ4v) is 4.85. The zero-order chi connectivity index (χ0) is 21.1. The summed E-state index contributed by atoms with van der Waals surface area (Å²) in [7, 11) is -4.14. The Balaban J connectivity index is 1.78. The Kier molecular flexibility index (Phi) is 6.28. The van der Waals surface area contributed by atoms with Crippen molar-refractivity contribution in [2.24, 2.45) is 0 Å². The molecule has 1 aliphatic heterocycles. The topological polar surface area (TPSA) is 63.7 Å². The molecule has 1 fully saturated rings. The van der Waals surface area contributed by atoms with Crippen LogP contribution in [0.1, 0.15) is 30.4 Å². The Morgan fingerprint density at radius 3 is 2.31 bits per heavy atom. The highest BCUT2D eigenvalue weighted by atomic mass is 32.2. The van der Waals surface area contributed by atoms with E-state index >= 15 is 0 Å². The van der Waals surface area contributed by atoms with Crippen molar-refractivity contribution < 1.29 is 31.1 Å². The first-order valence-electron chi connectivity index (χ1n) is 9.09. The highest BCUT2D eigenvalue weighted by molar-refractivity contribution is 7.89. The van der Waals surface area contributed by atoms with E-state index in [0.29, 0.717) is 19.3 Å². The summed E-state index contributed by atoms with van der Waals surface area (Å²) in [6, 6.07) is 11.3. The molecule has 0 spiro atoms. The fourth-order valence-electron chi connectivity index (χ4n) is 3.20. The number of benzene rings is 2. The van der Waals surface area contributed by atoms with E-state index in [0.717, 1.165) is 34.1 Å². The van der Waals surface area contributed by atoms with E-state index in [1.807, 2.05) is 6.07 Å². The quantitative estimate of drug-likeness (QED) is 0.677. The molecular formula is C20H20F3NO4S. The van der Waals surface area contributed by atoms with E-state index in [1.54, 1.807) is 24.3 Å². The molecule has 0 radical (unpaired) electrons. The van der Waals surface area contributed by atoms with Crippen LogP contribution in [0.2, 0.25) is 0 Å². The molecular weight excluding hydrogens is 407 g/mol. The second-order valence-corrected chi connectivity index (χ2v) is 8.63. The second kappa shape index (κ2) is 8.54. The number of ether oxygens (including phenoxy) is 1. The number of nitrogens with zero attached hydrogens (tertiary/aromatic N) is 1. The Morgan fingerprint density at radius 2 is 1.69 bits per heavy atom. The predicted molar refractivity (Wildman–Crippen MR) is 99.2 cm³/mol. The number of halogens is 3. The summed E-state index contributed by atoms with van der Waals surface area (Å²) in [5.41, 5.74) is -0.164. The maximum Gasteiger partial charge on any atom is 0.416 e. The van der Waals surface area contributed by atoms with Crippen LogP contribution in [0.5, 0.6) is 0 Å². The van der Waals surface area contributed by atoms with Crippen LogP contribution in [0.15, 0.2) is 59.5 Å². The van der Waals surface area contributed by atoms with Gasteiger partial charge in [-0.1, -0.05) is 30.3 Å². The SMILES string of the molecule is O=C(OCc1ccccc1)[C@@H]1CCCCN1S(=O)(=O)c1ccc(C(F)(F)F)cc1. The predicted octanol–water partition coefficient (Wildman–Crippen LogP) is 3.99. The summed E-state index contributed by atoms with van der Waals surface area (Å²) in [6.45, 7) is 0.124. The van der Waals surface area contributed by atoms with Crippen LogP contribution in [0.4, 0.5) is 13.2 Å². The molecule has 1 saturated heterocycles. The summed E-state index contributed by atoms with van der Waals surface area (Å²) in [6.07, 6.45) is -3.04. The van der Waals surface area contributed by atoms with Crippen molar-refractivity contribution in [1.29, 1.82) is 0 Å². The Labute approximate surface area is 167 Å². The monoisotopic (exact) mass is 427 g/mol. The normalized spacial score (nSPS) is 18.4. The number of sulfonamides is 1. The van der Waals surface area contributed by atoms with Gasteiger partial charge < -0.3 is 4.74 Å². The molecule has 0 aliphatic carbocycles. The van der Waals surface area contributed by atoms with E-state index in [-0.39, 0.29) is 18.0 Å². The lowest BCUT2D eigenvalue weighted by Crippen LogP contribution is -2.48. The van der Waals surface area contributed by atoms with E-state index in [2.05, 4.69) is 0 Å². The van der Waals surface area contributed by atoms with Gasteiger partial charge in [0.15, 0.2) is 0 Å². The third-order valence-electron chi connectivity index (χ3n) is 4.74. The molecule has 1 heterocycles. The number of hydrogen-bond acceptors (Lipinski definition) is 4. The molecule has 29 heavy (non-hydrogen) atoms. The summed E-state index contributed by atoms with van der Waals surface area (Å²) >= 11 is 0. The van der Waals surface area contributed by atoms with Crippen molar-refractivity contribution in [2.75, 3.05) is 6.54 Å². The van der Waals surface area contributed by atoms with E-state index in [4.69, 9.17) is 4.74 Å². The van der Waals surface area contributed by atoms with Crippen molar-refractivity contribution in [2.45, 2.75) is 43.0 Å². The lowest BCUT2D eigenvalue weighted by atomic mass is 10.1. The van der Waals surface area contributed by atoms with Gasteiger partial charge in [-0.2, -0.15) is 17.5 Å². The molecule has 0 saturated carbocycles. The number of esters is 1. The molecule has 0 unspecified atom stereocenters. The van der Waals surface area contributed by atoms with Gasteiger partial charge in [-0.05, 0) is 49.1 Å². The number of piperidine rings is 1. The van der Waals surface area contributed by atoms with Crippen LogP contribution in [0, 0.1) is 0 Å². The number of rotatable bonds is 5. The van der Waals surface area contributed by atoms with Crippen molar-refractivity contribution in [3.63, 3.8) is 0 Å². The van der Waals surface area contributed by atoms with Crippen LogP contribution >= 0.6 is 0 Å². The molecule has 1 atom stereocenters. The summed E-state index contributed by atoms with van der Waals surface area (Å²) < 4.78 is 70.5. The molecule has 1 aliphatic rings. The molecule has 0 aromatic heterocycles. The highest BCUT2D eigenvalue weighted by Crippen LogP contribution is 2.31. The lowest BCUT2D eigenvalue weighted by Gasteiger charge is -2.33. The van der Waals surface area contributed by atoms with Gasteiger partial charge in [0.25, 0.3) is 0 Å². The second-order valence-electron chi connectivity index (χ2n) is 6.74. The van der Waals surface area contributed by atoms with Crippen LogP contribution in [-0.4, -0.2) is 31.3 Å². The van der Waals surface area contributed by atoms with Crippen LogP contribution in [0.25, 0.3) is 0 Å². The first-order valence-corrected chi connectivity index (χ1v) is 10.5. The Morgan fingerprint density at radius 1 is 1.03 bits per heavy atom. The maximum absolute atomic E-state index is 13.0. The summed E-state index contributed by atoms with van der Waals surface area (Å²) in [4.78, 5) is 12.3. The molecule has 0 N–H and O–H groups in total. The van der Waals surface area contributed by atoms with E-state index in [1.165, 1.54) is 0 Å². The summed E-state index contributed by atoms with van der Waals surface area (Å²) in [5, 5.41) is 0. The molecule has 9 heteroatoms. The van der Waals surface area contributed by atoms with Gasteiger partial charge in [-0.25, -0.2) is 8.42 Å². The maximum atomic E-state index is 13.0. The van der Waals surface area contributed by atoms with Gasteiger partial charge >= 0.3 is 12.1 Å². The van der Waals surface area contributed by atoms with Gasteiger partial charge in [-0.3, -0.25) is 4.79 Å². The zero-order valence-corrected chi connectivity index (χ0v) is 16.2. The van der Waals surface area contributed by atoms with E-state index < -0.39 is 33.8 Å². The minimum atomic E-state index is -4.56. The first kappa shape index (κ1) is 21.3. The average molecular weight is 427 g/mol. The third kappa shape index (κ3) is 4.97. The molecule has 0 bridgehead atoms. The molecule has 2 aromatic rings. The number of alkyl halides is 3. The fraction of sp³-hybridized carbons (Fsp3) is 0.350. The molecule has 156 valence electrons. The van der Waals surface area contributed by atoms with Gasteiger partial charge in [0.1, 0.15) is 12.6 Å². The number of carbonyl (C=O) groups excluding carboxylic acids is 1. The number of hydrogen-bond donors (Lipinski definition) is 0. The molecule has 5 nitrogen and oxygen atoms in total. The van der Waals surface area contributed by atoms with Gasteiger partial charge in [0, 0.05) is 6.54 Å². The van der Waals surface area contributed by atoms with Crippen LogP contribution in [-0.2, 0) is 32.3 Å². The highest BCUT2D eigenvalue weighted by Gasteiger charge is 2.39. The van der Waals surface area contributed by atoms with Crippen molar-refractivity contribution in [3.8, 4) is 0 Å². The molecule has 3 rings (SSSR count). The lowest BCUT2D eigenvalue weighted by molar-refractivity contribution is -0.150. The molecule has 0 amide bonds. The first-order chi connectivity index (χ1) is 13.7. The zero-order valence-electron chi connectivity index (χ0n) is 15.4.